The van der Waals surface area contributed by atoms with Crippen LogP contribution in [-0.2, 0) is 6.61 Å². The number of ether oxygens (including phenoxy) is 2. The molecule has 0 saturated heterocycles. The van der Waals surface area contributed by atoms with Crippen molar-refractivity contribution < 1.29 is 14.3 Å². The number of aromatic nitrogens is 1. The molecule has 0 aliphatic heterocycles. The average molecular weight is 263 g/mol. The fourth-order valence-electron chi connectivity index (χ4n) is 1.50. The Bertz CT molecular complexity index is 551. The maximum atomic E-state index is 11.0. The monoisotopic (exact) mass is 263 g/mol. The number of thiazole rings is 1. The molecule has 0 unspecified atom stereocenters. The Hall–Kier alpha value is -1.88. The van der Waals surface area contributed by atoms with Crippen molar-refractivity contribution in [3.8, 4) is 11.5 Å². The molecule has 18 heavy (non-hydrogen) atoms. The molecule has 0 saturated carbocycles. The Morgan fingerprint density at radius 2 is 2.28 bits per heavy atom. The second kappa shape index (κ2) is 5.64. The fraction of sp³-hybridized carbons (Fsp3) is 0.231. The van der Waals surface area contributed by atoms with Gasteiger partial charge in [-0.05, 0) is 25.1 Å². The minimum absolute atomic E-state index is 0.359. The molecule has 0 spiro atoms. The van der Waals surface area contributed by atoms with Crippen LogP contribution in [0.5, 0.6) is 11.5 Å². The zero-order valence-electron chi connectivity index (χ0n) is 10.2. The van der Waals surface area contributed by atoms with Crippen LogP contribution in [0.2, 0.25) is 0 Å². The van der Waals surface area contributed by atoms with Crippen molar-refractivity contribution in [2.45, 2.75) is 13.5 Å². The van der Waals surface area contributed by atoms with Gasteiger partial charge in [-0.1, -0.05) is 0 Å². The maximum Gasteiger partial charge on any atom is 0.153 e. The Balaban J connectivity index is 2.11. The lowest BCUT2D eigenvalue weighted by Crippen LogP contribution is -1.99. The number of methoxy groups -OCH3 is 1. The second-order valence-electron chi connectivity index (χ2n) is 3.67. The molecule has 1 aromatic heterocycles. The van der Waals surface area contributed by atoms with E-state index in [-0.39, 0.29) is 0 Å². The van der Waals surface area contributed by atoms with Crippen LogP contribution >= 0.6 is 11.3 Å². The van der Waals surface area contributed by atoms with Crippen molar-refractivity contribution in [2.75, 3.05) is 7.11 Å². The van der Waals surface area contributed by atoms with E-state index >= 15 is 0 Å². The van der Waals surface area contributed by atoms with E-state index in [1.165, 1.54) is 0 Å². The zero-order valence-corrected chi connectivity index (χ0v) is 11.0. The van der Waals surface area contributed by atoms with Crippen molar-refractivity contribution in [3.63, 3.8) is 0 Å². The van der Waals surface area contributed by atoms with E-state index in [2.05, 4.69) is 4.98 Å². The molecule has 4 nitrogen and oxygen atoms in total. The fourth-order valence-corrected chi connectivity index (χ4v) is 2.10. The third-order valence-electron chi connectivity index (χ3n) is 2.39. The van der Waals surface area contributed by atoms with Crippen LogP contribution in [0.1, 0.15) is 21.1 Å². The molecular formula is C13H13NO3S. The molecule has 0 radical (unpaired) electrons. The zero-order chi connectivity index (χ0) is 13.0. The molecule has 0 amide bonds. The molecule has 5 heteroatoms. The van der Waals surface area contributed by atoms with E-state index in [0.29, 0.717) is 23.7 Å². The first-order chi connectivity index (χ1) is 8.72. The summed E-state index contributed by atoms with van der Waals surface area (Å²) in [6.45, 7) is 2.30. The lowest BCUT2D eigenvalue weighted by atomic mass is 10.2. The van der Waals surface area contributed by atoms with Crippen molar-refractivity contribution in [3.05, 3.63) is 39.8 Å². The molecule has 2 aromatic rings. The first-order valence-electron chi connectivity index (χ1n) is 5.40. The number of aldehydes is 1. The lowest BCUT2D eigenvalue weighted by Gasteiger charge is -2.08. The molecule has 0 fully saturated rings. The third kappa shape index (κ3) is 2.87. The number of hydrogen-bond acceptors (Lipinski definition) is 5. The van der Waals surface area contributed by atoms with Gasteiger partial charge >= 0.3 is 0 Å². The molecule has 1 aromatic carbocycles. The van der Waals surface area contributed by atoms with E-state index in [1.54, 1.807) is 36.6 Å². The van der Waals surface area contributed by atoms with Crippen LogP contribution in [0.3, 0.4) is 0 Å². The molecular weight excluding hydrogens is 250 g/mol. The van der Waals surface area contributed by atoms with Gasteiger partial charge in [-0.2, -0.15) is 0 Å². The van der Waals surface area contributed by atoms with Crippen molar-refractivity contribution in [1.29, 1.82) is 0 Å². The van der Waals surface area contributed by atoms with Crippen molar-refractivity contribution in [2.24, 2.45) is 0 Å². The molecule has 0 N–H and O–H groups in total. The summed E-state index contributed by atoms with van der Waals surface area (Å²) >= 11 is 1.57. The number of rotatable bonds is 5. The Labute approximate surface area is 109 Å². The predicted molar refractivity (Wildman–Crippen MR) is 69.6 cm³/mol. The molecule has 94 valence electrons. The number of nitrogens with zero attached hydrogens (tertiary/aromatic N) is 1. The van der Waals surface area contributed by atoms with E-state index in [0.717, 1.165) is 17.0 Å². The van der Waals surface area contributed by atoms with Crippen LogP contribution in [0, 0.1) is 6.92 Å². The maximum absolute atomic E-state index is 11.0. The first-order valence-corrected chi connectivity index (χ1v) is 6.28. The number of benzene rings is 1. The van der Waals surface area contributed by atoms with Gasteiger partial charge in [0.2, 0.25) is 0 Å². The van der Waals surface area contributed by atoms with Gasteiger partial charge in [0, 0.05) is 5.38 Å². The summed E-state index contributed by atoms with van der Waals surface area (Å²) in [5.74, 6) is 1.17. The number of hydrogen-bond donors (Lipinski definition) is 0. The highest BCUT2D eigenvalue weighted by atomic mass is 32.1. The normalized spacial score (nSPS) is 10.1. The molecule has 1 heterocycles. The summed E-state index contributed by atoms with van der Waals surface area (Å²) < 4.78 is 10.6. The summed E-state index contributed by atoms with van der Waals surface area (Å²) in [5.41, 5.74) is 1.34. The lowest BCUT2D eigenvalue weighted by molar-refractivity contribution is 0.111. The summed E-state index contributed by atoms with van der Waals surface area (Å²) in [5, 5.41) is 2.94. The quantitative estimate of drug-likeness (QED) is 0.778. The van der Waals surface area contributed by atoms with Crippen LogP contribution in [-0.4, -0.2) is 18.4 Å². The third-order valence-corrected chi connectivity index (χ3v) is 3.21. The van der Waals surface area contributed by atoms with Crippen LogP contribution in [0.15, 0.2) is 23.6 Å². The topological polar surface area (TPSA) is 48.4 Å². The standard InChI is InChI=1S/C13H13NO3S/c1-9-14-11(8-18-9)7-17-13-4-3-12(16-2)5-10(13)6-15/h3-6,8H,7H2,1-2H3. The van der Waals surface area contributed by atoms with Crippen LogP contribution in [0.4, 0.5) is 0 Å². The van der Waals surface area contributed by atoms with Gasteiger partial charge in [-0.3, -0.25) is 4.79 Å². The van der Waals surface area contributed by atoms with Gasteiger partial charge in [0.1, 0.15) is 18.1 Å². The first kappa shape index (κ1) is 12.6. The minimum atomic E-state index is 0.359. The Morgan fingerprint density at radius 1 is 1.44 bits per heavy atom. The highest BCUT2D eigenvalue weighted by Gasteiger charge is 2.06. The van der Waals surface area contributed by atoms with Gasteiger partial charge in [0.25, 0.3) is 0 Å². The molecule has 0 aliphatic rings. The van der Waals surface area contributed by atoms with Gasteiger partial charge in [0.05, 0.1) is 23.4 Å². The van der Waals surface area contributed by atoms with E-state index in [9.17, 15) is 4.79 Å². The largest absolute Gasteiger partial charge is 0.497 e. The molecule has 0 bridgehead atoms. The minimum Gasteiger partial charge on any atom is -0.497 e. The van der Waals surface area contributed by atoms with Crippen molar-refractivity contribution >= 4 is 17.6 Å². The average Bonchev–Trinajstić information content (AvgIpc) is 2.82. The van der Waals surface area contributed by atoms with Crippen LogP contribution in [0.25, 0.3) is 0 Å². The highest BCUT2D eigenvalue weighted by molar-refractivity contribution is 7.09. The summed E-state index contributed by atoms with van der Waals surface area (Å²) in [6.07, 6.45) is 0.754. The number of carbonyl (C=O) groups is 1. The Kier molecular flexibility index (Phi) is 3.94. The Morgan fingerprint density at radius 3 is 2.89 bits per heavy atom. The predicted octanol–water partition coefficient (Wildman–Crippen LogP) is 2.85. The molecule has 0 aliphatic carbocycles. The van der Waals surface area contributed by atoms with E-state index < -0.39 is 0 Å². The van der Waals surface area contributed by atoms with Crippen LogP contribution < -0.4 is 9.47 Å². The van der Waals surface area contributed by atoms with E-state index in [1.807, 2.05) is 12.3 Å². The van der Waals surface area contributed by atoms with Crippen molar-refractivity contribution in [1.82, 2.24) is 4.98 Å². The molecule has 2 rings (SSSR count). The SMILES string of the molecule is COc1ccc(OCc2csc(C)n2)c(C=O)c1. The van der Waals surface area contributed by atoms with Gasteiger partial charge in [0.15, 0.2) is 6.29 Å². The highest BCUT2D eigenvalue weighted by Crippen LogP contribution is 2.23. The van der Waals surface area contributed by atoms with Gasteiger partial charge < -0.3 is 9.47 Å². The number of aryl methyl sites for hydroxylation is 1. The van der Waals surface area contributed by atoms with E-state index in [4.69, 9.17) is 9.47 Å². The van der Waals surface area contributed by atoms with Gasteiger partial charge in [-0.25, -0.2) is 4.98 Å². The molecule has 0 atom stereocenters. The number of carbonyl (C=O) groups excluding carboxylic acids is 1. The second-order valence-corrected chi connectivity index (χ2v) is 4.73. The summed E-state index contributed by atoms with van der Waals surface area (Å²) in [7, 11) is 1.56. The van der Waals surface area contributed by atoms with Gasteiger partial charge in [-0.15, -0.1) is 11.3 Å². The summed E-state index contributed by atoms with van der Waals surface area (Å²) in [6, 6.07) is 5.13. The smallest absolute Gasteiger partial charge is 0.153 e. The summed E-state index contributed by atoms with van der Waals surface area (Å²) in [4.78, 5) is 15.3.